The number of nitrogens with one attached hydrogen (secondary N) is 2. The lowest BCUT2D eigenvalue weighted by atomic mass is 10.1. The van der Waals surface area contributed by atoms with Crippen LogP contribution in [0, 0.1) is 6.92 Å². The average Bonchev–Trinajstić information content (AvgIpc) is 3.01. The Labute approximate surface area is 145 Å². The van der Waals surface area contributed by atoms with Gasteiger partial charge in [-0.2, -0.15) is 5.10 Å². The number of guanidine groups is 1. The molecule has 0 aromatic carbocycles. The van der Waals surface area contributed by atoms with Crippen LogP contribution in [-0.4, -0.2) is 73.6 Å². The predicted octanol–water partition coefficient (Wildman–Crippen LogP) is 0.857. The summed E-state index contributed by atoms with van der Waals surface area (Å²) in [5, 5.41) is 11.2. The molecular weight excluding hydrogens is 304 g/mol. The predicted molar refractivity (Wildman–Crippen MR) is 97.4 cm³/mol. The van der Waals surface area contributed by atoms with E-state index in [1.165, 1.54) is 5.56 Å². The molecule has 1 saturated heterocycles. The van der Waals surface area contributed by atoms with Gasteiger partial charge in [-0.25, -0.2) is 0 Å². The van der Waals surface area contributed by atoms with E-state index in [1.54, 1.807) is 7.11 Å². The highest BCUT2D eigenvalue weighted by molar-refractivity contribution is 5.79. The van der Waals surface area contributed by atoms with Crippen LogP contribution in [0.25, 0.3) is 0 Å². The van der Waals surface area contributed by atoms with Crippen molar-refractivity contribution in [1.82, 2.24) is 25.3 Å². The number of aryl methyl sites for hydroxylation is 1. The van der Waals surface area contributed by atoms with Crippen molar-refractivity contribution in [1.29, 1.82) is 0 Å². The SMILES string of the molecule is CN=C(NCCn1cc(C)cn1)NC1CCN(CCCOC)CC1. The van der Waals surface area contributed by atoms with Gasteiger partial charge in [0.15, 0.2) is 5.96 Å². The van der Waals surface area contributed by atoms with Gasteiger partial charge in [0, 0.05) is 59.2 Å². The number of hydrogen-bond donors (Lipinski definition) is 2. The van der Waals surface area contributed by atoms with Gasteiger partial charge in [0.1, 0.15) is 0 Å². The molecule has 2 heterocycles. The minimum Gasteiger partial charge on any atom is -0.385 e. The molecule has 0 atom stereocenters. The van der Waals surface area contributed by atoms with Crippen LogP contribution in [0.15, 0.2) is 17.4 Å². The molecule has 7 heteroatoms. The zero-order chi connectivity index (χ0) is 17.2. The Bertz CT molecular complexity index is 493. The highest BCUT2D eigenvalue weighted by Crippen LogP contribution is 2.10. The van der Waals surface area contributed by atoms with Crippen LogP contribution in [0.2, 0.25) is 0 Å². The summed E-state index contributed by atoms with van der Waals surface area (Å²) in [6, 6.07) is 0.502. The highest BCUT2D eigenvalue weighted by atomic mass is 16.5. The number of ether oxygens (including phenoxy) is 1. The summed E-state index contributed by atoms with van der Waals surface area (Å²) in [5.41, 5.74) is 1.19. The number of piperidine rings is 1. The minimum atomic E-state index is 0.502. The maximum Gasteiger partial charge on any atom is 0.191 e. The third-order valence-corrected chi connectivity index (χ3v) is 4.37. The number of nitrogens with zero attached hydrogens (tertiary/aromatic N) is 4. The molecule has 136 valence electrons. The molecule has 0 radical (unpaired) electrons. The van der Waals surface area contributed by atoms with Gasteiger partial charge in [0.25, 0.3) is 0 Å². The Morgan fingerprint density at radius 1 is 1.38 bits per heavy atom. The number of hydrogen-bond acceptors (Lipinski definition) is 4. The number of aromatic nitrogens is 2. The first kappa shape index (κ1) is 18.7. The lowest BCUT2D eigenvalue weighted by Gasteiger charge is -2.33. The van der Waals surface area contributed by atoms with E-state index in [9.17, 15) is 0 Å². The zero-order valence-corrected chi connectivity index (χ0v) is 15.3. The molecule has 0 spiro atoms. The van der Waals surface area contributed by atoms with Crippen LogP contribution in [0.1, 0.15) is 24.8 Å². The third-order valence-electron chi connectivity index (χ3n) is 4.37. The van der Waals surface area contributed by atoms with E-state index in [-0.39, 0.29) is 0 Å². The molecule has 1 fully saturated rings. The molecule has 1 aromatic heterocycles. The van der Waals surface area contributed by atoms with E-state index in [2.05, 4.69) is 38.7 Å². The number of rotatable bonds is 8. The van der Waals surface area contributed by atoms with Crippen molar-refractivity contribution < 1.29 is 4.74 Å². The smallest absolute Gasteiger partial charge is 0.191 e. The topological polar surface area (TPSA) is 66.7 Å². The van der Waals surface area contributed by atoms with E-state index in [1.807, 2.05) is 17.9 Å². The fraction of sp³-hybridized carbons (Fsp3) is 0.765. The summed E-state index contributed by atoms with van der Waals surface area (Å²) in [6.45, 7) is 7.99. The van der Waals surface area contributed by atoms with Crippen molar-refractivity contribution in [2.45, 2.75) is 38.8 Å². The first-order valence-corrected chi connectivity index (χ1v) is 8.89. The first-order valence-electron chi connectivity index (χ1n) is 8.89. The molecule has 1 aromatic rings. The molecule has 7 nitrogen and oxygen atoms in total. The van der Waals surface area contributed by atoms with Crippen LogP contribution >= 0.6 is 0 Å². The number of likely N-dealkylation sites (tertiary alicyclic amines) is 1. The summed E-state index contributed by atoms with van der Waals surface area (Å²) in [4.78, 5) is 6.85. The molecular formula is C17H32N6O. The Morgan fingerprint density at radius 3 is 2.79 bits per heavy atom. The lowest BCUT2D eigenvalue weighted by Crippen LogP contribution is -2.49. The average molecular weight is 336 g/mol. The standard InChI is InChI=1S/C17H32N6O/c1-15-13-20-23(14-15)11-7-19-17(18-2)21-16-5-9-22(10-6-16)8-4-12-24-3/h13-14,16H,4-12H2,1-3H3,(H2,18,19,21). The Morgan fingerprint density at radius 2 is 2.17 bits per heavy atom. The normalized spacial score (nSPS) is 17.2. The molecule has 0 bridgehead atoms. The van der Waals surface area contributed by atoms with E-state index in [4.69, 9.17) is 4.74 Å². The van der Waals surface area contributed by atoms with E-state index in [0.29, 0.717) is 6.04 Å². The van der Waals surface area contributed by atoms with Crippen molar-refractivity contribution in [3.05, 3.63) is 18.0 Å². The molecule has 0 aliphatic carbocycles. The monoisotopic (exact) mass is 336 g/mol. The third kappa shape index (κ3) is 6.49. The second-order valence-corrected chi connectivity index (χ2v) is 6.39. The van der Waals surface area contributed by atoms with Crippen molar-refractivity contribution in [3.63, 3.8) is 0 Å². The molecule has 2 rings (SSSR count). The van der Waals surface area contributed by atoms with Crippen LogP contribution < -0.4 is 10.6 Å². The van der Waals surface area contributed by atoms with E-state index < -0.39 is 0 Å². The molecule has 0 saturated carbocycles. The van der Waals surface area contributed by atoms with Crippen LogP contribution in [0.5, 0.6) is 0 Å². The fourth-order valence-electron chi connectivity index (χ4n) is 3.00. The Balaban J connectivity index is 1.63. The van der Waals surface area contributed by atoms with Crippen molar-refractivity contribution >= 4 is 5.96 Å². The second-order valence-electron chi connectivity index (χ2n) is 6.39. The molecule has 1 aliphatic rings. The fourth-order valence-corrected chi connectivity index (χ4v) is 3.00. The van der Waals surface area contributed by atoms with Crippen LogP contribution in [-0.2, 0) is 11.3 Å². The van der Waals surface area contributed by atoms with Crippen molar-refractivity contribution in [2.24, 2.45) is 4.99 Å². The molecule has 2 N–H and O–H groups in total. The van der Waals surface area contributed by atoms with Crippen molar-refractivity contribution in [2.75, 3.05) is 46.9 Å². The zero-order valence-electron chi connectivity index (χ0n) is 15.3. The largest absolute Gasteiger partial charge is 0.385 e. The lowest BCUT2D eigenvalue weighted by molar-refractivity contribution is 0.155. The Kier molecular flexibility index (Phi) is 8.04. The van der Waals surface area contributed by atoms with Gasteiger partial charge >= 0.3 is 0 Å². The second kappa shape index (κ2) is 10.3. The number of aliphatic imine (C=N–C) groups is 1. The minimum absolute atomic E-state index is 0.502. The maximum absolute atomic E-state index is 5.12. The first-order chi connectivity index (χ1) is 11.7. The number of methoxy groups -OCH3 is 1. The van der Waals surface area contributed by atoms with Crippen LogP contribution in [0.4, 0.5) is 0 Å². The van der Waals surface area contributed by atoms with Gasteiger partial charge in [-0.05, 0) is 31.7 Å². The van der Waals surface area contributed by atoms with Gasteiger partial charge in [0.2, 0.25) is 0 Å². The van der Waals surface area contributed by atoms with Gasteiger partial charge in [-0.3, -0.25) is 9.67 Å². The van der Waals surface area contributed by atoms with Gasteiger partial charge in [0.05, 0.1) is 12.7 Å². The maximum atomic E-state index is 5.12. The molecule has 1 aliphatic heterocycles. The van der Waals surface area contributed by atoms with Crippen LogP contribution in [0.3, 0.4) is 0 Å². The molecule has 0 amide bonds. The summed E-state index contributed by atoms with van der Waals surface area (Å²) < 4.78 is 7.08. The van der Waals surface area contributed by atoms with Gasteiger partial charge < -0.3 is 20.3 Å². The van der Waals surface area contributed by atoms with Gasteiger partial charge in [-0.1, -0.05) is 0 Å². The molecule has 24 heavy (non-hydrogen) atoms. The summed E-state index contributed by atoms with van der Waals surface area (Å²) >= 11 is 0. The Hall–Kier alpha value is -1.60. The molecule has 0 unspecified atom stereocenters. The van der Waals surface area contributed by atoms with Gasteiger partial charge in [-0.15, -0.1) is 0 Å². The quantitative estimate of drug-likeness (QED) is 0.419. The summed E-state index contributed by atoms with van der Waals surface area (Å²) in [5.74, 6) is 0.886. The van der Waals surface area contributed by atoms with E-state index in [0.717, 1.165) is 64.6 Å². The van der Waals surface area contributed by atoms with E-state index >= 15 is 0 Å². The van der Waals surface area contributed by atoms with Crippen molar-refractivity contribution in [3.8, 4) is 0 Å². The summed E-state index contributed by atoms with van der Waals surface area (Å²) in [7, 11) is 3.59. The summed E-state index contributed by atoms with van der Waals surface area (Å²) in [6.07, 6.45) is 7.37. The highest BCUT2D eigenvalue weighted by Gasteiger charge is 2.19.